The van der Waals surface area contributed by atoms with E-state index >= 15 is 0 Å². The highest BCUT2D eigenvalue weighted by Crippen LogP contribution is 2.37. The lowest BCUT2D eigenvalue weighted by molar-refractivity contribution is -0.113. The topological polar surface area (TPSA) is 95.3 Å². The van der Waals surface area contributed by atoms with Gasteiger partial charge in [-0.05, 0) is 48.2 Å². The Hall–Kier alpha value is -3.34. The smallest absolute Gasteiger partial charge is 0.341 e. The van der Waals surface area contributed by atoms with E-state index in [4.69, 9.17) is 21.1 Å². The van der Waals surface area contributed by atoms with Crippen molar-refractivity contribution in [3.05, 3.63) is 75.9 Å². The predicted octanol–water partition coefficient (Wildman–Crippen LogP) is 6.98. The minimum absolute atomic E-state index is 0.0761. The van der Waals surface area contributed by atoms with E-state index in [0.717, 1.165) is 11.3 Å². The lowest BCUT2D eigenvalue weighted by Crippen LogP contribution is -2.16. The first-order valence-corrected chi connectivity index (χ1v) is 14.5. The van der Waals surface area contributed by atoms with Gasteiger partial charge in [0.1, 0.15) is 16.3 Å². The van der Waals surface area contributed by atoms with Gasteiger partial charge in [0.15, 0.2) is 17.1 Å². The molecule has 0 aliphatic heterocycles. The Morgan fingerprint density at radius 3 is 2.41 bits per heavy atom. The number of amides is 1. The number of carbonyl (C=O) groups excluding carboxylic acids is 2. The summed E-state index contributed by atoms with van der Waals surface area (Å²) in [5.41, 5.74) is 3.01. The van der Waals surface area contributed by atoms with E-state index < -0.39 is 5.97 Å². The second kappa shape index (κ2) is 12.7. The van der Waals surface area contributed by atoms with Crippen molar-refractivity contribution in [3.63, 3.8) is 0 Å². The fourth-order valence-electron chi connectivity index (χ4n) is 3.88. The molecule has 0 aliphatic carbocycles. The molecule has 2 heterocycles. The van der Waals surface area contributed by atoms with Gasteiger partial charge in [-0.15, -0.1) is 21.5 Å². The van der Waals surface area contributed by atoms with Gasteiger partial charge in [-0.25, -0.2) is 4.79 Å². The van der Waals surface area contributed by atoms with Gasteiger partial charge in [-0.3, -0.25) is 4.79 Å². The fourth-order valence-corrected chi connectivity index (χ4v) is 5.70. The van der Waals surface area contributed by atoms with Crippen LogP contribution in [0.4, 0.5) is 5.00 Å². The Labute approximate surface area is 240 Å². The van der Waals surface area contributed by atoms with Crippen LogP contribution in [-0.2, 0) is 16.6 Å². The standard InChI is InChI=1S/C28H29ClN4O4S2/c1-16(2)18-8-12-21(13-9-18)37-17(3)25-31-32-28(33(25)4)39-15-23(34)30-26-24(27(35)36-5)22(14-38-26)19-6-10-20(29)11-7-19/h6-14,16-17H,15H2,1-5H3,(H,30,34). The number of ether oxygens (including phenoxy) is 2. The molecule has 1 atom stereocenters. The molecular formula is C28H29ClN4O4S2. The lowest BCUT2D eigenvalue weighted by Gasteiger charge is -2.15. The minimum atomic E-state index is -0.532. The Morgan fingerprint density at radius 1 is 1.08 bits per heavy atom. The quantitative estimate of drug-likeness (QED) is 0.159. The SMILES string of the molecule is COC(=O)c1c(-c2ccc(Cl)cc2)csc1NC(=O)CSc1nnc(C(C)Oc2ccc(C(C)C)cc2)n1C. The maximum absolute atomic E-state index is 12.8. The Bertz CT molecular complexity index is 1450. The van der Waals surface area contributed by atoms with Crippen molar-refractivity contribution >= 4 is 51.6 Å². The zero-order chi connectivity index (χ0) is 28.1. The summed E-state index contributed by atoms with van der Waals surface area (Å²) in [5, 5.41) is 14.8. The molecule has 2 aromatic carbocycles. The molecular weight excluding hydrogens is 556 g/mol. The van der Waals surface area contributed by atoms with Crippen molar-refractivity contribution in [3.8, 4) is 16.9 Å². The Kier molecular flexibility index (Phi) is 9.32. The average Bonchev–Trinajstić information content (AvgIpc) is 3.51. The van der Waals surface area contributed by atoms with E-state index in [1.54, 1.807) is 12.1 Å². The number of benzene rings is 2. The molecule has 1 amide bonds. The van der Waals surface area contributed by atoms with Crippen molar-refractivity contribution < 1.29 is 19.1 Å². The van der Waals surface area contributed by atoms with Gasteiger partial charge in [-0.2, -0.15) is 0 Å². The van der Waals surface area contributed by atoms with Crippen LogP contribution in [0.5, 0.6) is 5.75 Å². The van der Waals surface area contributed by atoms with E-state index in [9.17, 15) is 9.59 Å². The maximum atomic E-state index is 12.8. The number of hydrogen-bond donors (Lipinski definition) is 1. The number of hydrogen-bond acceptors (Lipinski definition) is 8. The fraction of sp³-hybridized carbons (Fsp3) is 0.286. The normalized spacial score (nSPS) is 11.9. The summed E-state index contributed by atoms with van der Waals surface area (Å²) in [6, 6.07) is 15.1. The van der Waals surface area contributed by atoms with Gasteiger partial charge in [0.2, 0.25) is 5.91 Å². The number of nitrogens with one attached hydrogen (secondary N) is 1. The highest BCUT2D eigenvalue weighted by Gasteiger charge is 2.23. The van der Waals surface area contributed by atoms with Crippen molar-refractivity contribution in [2.75, 3.05) is 18.2 Å². The number of anilines is 1. The van der Waals surface area contributed by atoms with E-state index in [1.165, 1.54) is 35.8 Å². The van der Waals surface area contributed by atoms with Crippen LogP contribution in [0.2, 0.25) is 5.02 Å². The number of nitrogens with zero attached hydrogens (tertiary/aromatic N) is 3. The zero-order valence-electron chi connectivity index (χ0n) is 22.2. The second-order valence-electron chi connectivity index (χ2n) is 9.07. The average molecular weight is 585 g/mol. The van der Waals surface area contributed by atoms with Crippen molar-refractivity contribution in [2.45, 2.75) is 37.9 Å². The molecule has 8 nitrogen and oxygen atoms in total. The molecule has 2 aromatic heterocycles. The number of esters is 1. The van der Waals surface area contributed by atoms with Gasteiger partial charge >= 0.3 is 5.97 Å². The number of carbonyl (C=O) groups is 2. The number of halogens is 1. The highest BCUT2D eigenvalue weighted by molar-refractivity contribution is 7.99. The first kappa shape index (κ1) is 28.7. The van der Waals surface area contributed by atoms with Gasteiger partial charge < -0.3 is 19.4 Å². The Morgan fingerprint density at radius 2 is 1.77 bits per heavy atom. The van der Waals surface area contributed by atoms with Gasteiger partial charge in [-0.1, -0.05) is 61.5 Å². The highest BCUT2D eigenvalue weighted by atomic mass is 35.5. The summed E-state index contributed by atoms with van der Waals surface area (Å²) in [6.07, 6.45) is -0.337. The number of thiophene rings is 1. The number of rotatable bonds is 10. The molecule has 39 heavy (non-hydrogen) atoms. The molecule has 1 unspecified atom stereocenters. The zero-order valence-corrected chi connectivity index (χ0v) is 24.6. The van der Waals surface area contributed by atoms with Crippen LogP contribution in [0.1, 0.15) is 54.5 Å². The van der Waals surface area contributed by atoms with Crippen LogP contribution in [-0.4, -0.2) is 39.5 Å². The minimum Gasteiger partial charge on any atom is -0.483 e. The van der Waals surface area contributed by atoms with Gasteiger partial charge in [0.25, 0.3) is 0 Å². The summed E-state index contributed by atoms with van der Waals surface area (Å²) in [5.74, 6) is 1.10. The monoisotopic (exact) mass is 584 g/mol. The summed E-state index contributed by atoms with van der Waals surface area (Å²) >= 11 is 8.51. The molecule has 204 valence electrons. The number of methoxy groups -OCH3 is 1. The third kappa shape index (κ3) is 6.81. The van der Waals surface area contributed by atoms with Crippen molar-refractivity contribution in [1.29, 1.82) is 0 Å². The first-order chi connectivity index (χ1) is 18.7. The van der Waals surface area contributed by atoms with Gasteiger partial charge in [0.05, 0.1) is 12.9 Å². The molecule has 0 aliphatic rings. The third-order valence-electron chi connectivity index (χ3n) is 6.01. The molecule has 4 rings (SSSR count). The van der Waals surface area contributed by atoms with Crippen LogP contribution in [0.15, 0.2) is 59.1 Å². The molecule has 0 saturated carbocycles. The molecule has 0 spiro atoms. The molecule has 0 radical (unpaired) electrons. The molecule has 0 saturated heterocycles. The largest absolute Gasteiger partial charge is 0.483 e. The third-order valence-corrected chi connectivity index (χ3v) is 8.18. The van der Waals surface area contributed by atoms with Crippen molar-refractivity contribution in [1.82, 2.24) is 14.8 Å². The summed E-state index contributed by atoms with van der Waals surface area (Å²) in [4.78, 5) is 25.4. The molecule has 1 N–H and O–H groups in total. The van der Waals surface area contributed by atoms with Crippen molar-refractivity contribution in [2.24, 2.45) is 7.05 Å². The van der Waals surface area contributed by atoms with Crippen LogP contribution >= 0.6 is 34.7 Å². The number of aromatic nitrogens is 3. The van der Waals surface area contributed by atoms with Gasteiger partial charge in [0, 0.05) is 23.0 Å². The summed E-state index contributed by atoms with van der Waals surface area (Å²) in [7, 11) is 3.15. The lowest BCUT2D eigenvalue weighted by atomic mass is 10.0. The summed E-state index contributed by atoms with van der Waals surface area (Å²) in [6.45, 7) is 6.20. The van der Waals surface area contributed by atoms with Crippen LogP contribution in [0, 0.1) is 0 Å². The summed E-state index contributed by atoms with van der Waals surface area (Å²) < 4.78 is 12.9. The molecule has 0 bridgehead atoms. The van der Waals surface area contributed by atoms with Crippen LogP contribution in [0.3, 0.4) is 0 Å². The van der Waals surface area contributed by atoms with E-state index in [-0.39, 0.29) is 17.8 Å². The van der Waals surface area contributed by atoms with E-state index in [2.05, 4.69) is 41.5 Å². The first-order valence-electron chi connectivity index (χ1n) is 12.2. The van der Waals surface area contributed by atoms with Crippen LogP contribution < -0.4 is 10.1 Å². The Balaban J connectivity index is 1.40. The maximum Gasteiger partial charge on any atom is 0.341 e. The molecule has 4 aromatic rings. The number of thioether (sulfide) groups is 1. The van der Waals surface area contributed by atoms with E-state index in [1.807, 2.05) is 48.2 Å². The second-order valence-corrected chi connectivity index (χ2v) is 11.3. The van der Waals surface area contributed by atoms with E-state index in [0.29, 0.717) is 38.0 Å². The van der Waals surface area contributed by atoms with Crippen LogP contribution in [0.25, 0.3) is 11.1 Å². The molecule has 0 fully saturated rings. The predicted molar refractivity (Wildman–Crippen MR) is 156 cm³/mol. The molecule has 11 heteroatoms.